The zero-order chi connectivity index (χ0) is 20.5. The number of hydrogen-bond acceptors (Lipinski definition) is 5. The minimum atomic E-state index is -0.0606. The van der Waals surface area contributed by atoms with Crippen LogP contribution in [0.15, 0.2) is 67.3 Å². The minimum Gasteiger partial charge on any atom is -0.497 e. The monoisotopic (exact) mass is 401 g/mol. The molecule has 3 saturated heterocycles. The molecule has 2 aromatic carbocycles. The van der Waals surface area contributed by atoms with Crippen LogP contribution in [0.25, 0.3) is 11.1 Å². The Kier molecular flexibility index (Phi) is 4.80. The summed E-state index contributed by atoms with van der Waals surface area (Å²) in [6.45, 7) is 1.38. The van der Waals surface area contributed by atoms with Crippen molar-refractivity contribution >= 4 is 11.7 Å². The number of amides is 2. The molecule has 3 aliphatic rings. The summed E-state index contributed by atoms with van der Waals surface area (Å²) in [6, 6.07) is 16.5. The average Bonchev–Trinajstić information content (AvgIpc) is 2.80. The van der Waals surface area contributed by atoms with Crippen LogP contribution >= 0.6 is 0 Å². The van der Waals surface area contributed by atoms with E-state index in [0.29, 0.717) is 19.0 Å². The van der Waals surface area contributed by atoms with Crippen LogP contribution in [0.4, 0.5) is 10.5 Å². The highest BCUT2D eigenvalue weighted by atomic mass is 16.5. The molecule has 1 unspecified atom stereocenters. The highest BCUT2D eigenvalue weighted by molar-refractivity contribution is 5.89. The van der Waals surface area contributed by atoms with Gasteiger partial charge in [-0.25, -0.2) is 14.8 Å². The molecular formula is C23H23N5O2. The predicted octanol–water partition coefficient (Wildman–Crippen LogP) is 3.12. The molecule has 7 nitrogen and oxygen atoms in total. The molecule has 2 N–H and O–H groups in total. The van der Waals surface area contributed by atoms with Gasteiger partial charge in [0.2, 0.25) is 0 Å². The summed E-state index contributed by atoms with van der Waals surface area (Å²) in [5, 5.41) is 6.56. The lowest BCUT2D eigenvalue weighted by Crippen LogP contribution is -2.72. The molecular weight excluding hydrogens is 378 g/mol. The number of methoxy groups -OCH3 is 1. The second kappa shape index (κ2) is 7.76. The third kappa shape index (κ3) is 3.48. The number of carbonyl (C=O) groups excluding carboxylic acids is 1. The van der Waals surface area contributed by atoms with Crippen molar-refractivity contribution in [2.75, 3.05) is 25.5 Å². The van der Waals surface area contributed by atoms with Crippen LogP contribution in [0, 0.1) is 0 Å². The van der Waals surface area contributed by atoms with Gasteiger partial charge >= 0.3 is 6.03 Å². The molecule has 0 spiro atoms. The van der Waals surface area contributed by atoms with Crippen LogP contribution in [0.2, 0.25) is 0 Å². The number of fused-ring (bicyclic) bond motifs is 2. The number of carbonyl (C=O) groups is 1. The molecule has 2 bridgehead atoms. The van der Waals surface area contributed by atoms with Crippen LogP contribution < -0.4 is 15.4 Å². The van der Waals surface area contributed by atoms with Crippen LogP contribution in [0.3, 0.4) is 0 Å². The summed E-state index contributed by atoms with van der Waals surface area (Å²) in [5.74, 6) is 1.20. The minimum absolute atomic E-state index is 0.0606. The molecule has 3 fully saturated rings. The quantitative estimate of drug-likeness (QED) is 0.702. The molecule has 30 heavy (non-hydrogen) atoms. The smallest absolute Gasteiger partial charge is 0.321 e. The summed E-state index contributed by atoms with van der Waals surface area (Å²) in [5.41, 5.74) is 4.19. The normalized spacial score (nSPS) is 22.2. The molecule has 0 saturated carbocycles. The van der Waals surface area contributed by atoms with E-state index in [1.165, 1.54) is 11.9 Å². The number of aromatic nitrogens is 2. The Morgan fingerprint density at radius 1 is 1.00 bits per heavy atom. The first kappa shape index (κ1) is 18.6. The highest BCUT2D eigenvalue weighted by Gasteiger charge is 2.48. The Bertz CT molecular complexity index is 1010. The third-order valence-corrected chi connectivity index (χ3v) is 5.95. The lowest BCUT2D eigenvalue weighted by Gasteiger charge is -2.54. The third-order valence-electron chi connectivity index (χ3n) is 5.95. The molecule has 1 aromatic heterocycles. The molecule has 6 rings (SSSR count). The number of rotatable bonds is 4. The number of ether oxygens (including phenoxy) is 1. The zero-order valence-corrected chi connectivity index (χ0v) is 16.7. The summed E-state index contributed by atoms with van der Waals surface area (Å²) in [4.78, 5) is 22.7. The SMILES string of the molecule is COc1ccc(NC(=O)N2C[C@@H]3N[C@H](C2)C3c2ccc(-c3cncnc3)cc2)cc1. The van der Waals surface area contributed by atoms with Gasteiger partial charge in [-0.1, -0.05) is 24.3 Å². The van der Waals surface area contributed by atoms with E-state index in [2.05, 4.69) is 44.9 Å². The second-order valence-electron chi connectivity index (χ2n) is 7.72. The Morgan fingerprint density at radius 3 is 2.30 bits per heavy atom. The van der Waals surface area contributed by atoms with Crippen LogP contribution in [-0.4, -0.2) is 53.2 Å². The van der Waals surface area contributed by atoms with E-state index >= 15 is 0 Å². The highest BCUT2D eigenvalue weighted by Crippen LogP contribution is 2.37. The van der Waals surface area contributed by atoms with Gasteiger partial charge < -0.3 is 20.3 Å². The van der Waals surface area contributed by atoms with E-state index in [-0.39, 0.29) is 18.1 Å². The molecule has 7 heteroatoms. The zero-order valence-electron chi connectivity index (χ0n) is 16.7. The van der Waals surface area contributed by atoms with E-state index < -0.39 is 0 Å². The first-order valence-electron chi connectivity index (χ1n) is 10.0. The Balaban J connectivity index is 1.22. The summed E-state index contributed by atoms with van der Waals surface area (Å²) in [7, 11) is 1.63. The first-order valence-corrected chi connectivity index (χ1v) is 10.0. The van der Waals surface area contributed by atoms with Gasteiger partial charge in [0.15, 0.2) is 0 Å². The fourth-order valence-electron chi connectivity index (χ4n) is 4.38. The van der Waals surface area contributed by atoms with Crippen LogP contribution in [-0.2, 0) is 0 Å². The second-order valence-corrected chi connectivity index (χ2v) is 7.72. The van der Waals surface area contributed by atoms with Crippen molar-refractivity contribution in [3.05, 3.63) is 72.8 Å². The number of nitrogens with zero attached hydrogens (tertiary/aromatic N) is 3. The Hall–Kier alpha value is -3.45. The average molecular weight is 401 g/mol. The van der Waals surface area contributed by atoms with Gasteiger partial charge in [-0.2, -0.15) is 0 Å². The molecule has 3 aromatic rings. The van der Waals surface area contributed by atoms with Gasteiger partial charge in [-0.05, 0) is 35.4 Å². The van der Waals surface area contributed by atoms with Crippen molar-refractivity contribution in [3.8, 4) is 16.9 Å². The number of piperidine rings is 1. The topological polar surface area (TPSA) is 79.4 Å². The standard InChI is InChI=1S/C23H23N5O2/c1-30-19-8-6-18(7-9-19)26-23(29)28-12-20-22(21(13-28)27-20)16-4-2-15(3-5-16)17-10-24-14-25-11-17/h2-11,14,20-22,27H,12-13H2,1H3,(H,26,29)/t20-,21+,22?. The van der Waals surface area contributed by atoms with E-state index in [0.717, 1.165) is 22.6 Å². The fraction of sp³-hybridized carbons (Fsp3) is 0.261. The molecule has 3 atom stereocenters. The lowest BCUT2D eigenvalue weighted by molar-refractivity contribution is 0.0759. The molecule has 2 amide bonds. The molecule has 0 aliphatic carbocycles. The van der Waals surface area contributed by atoms with Crippen molar-refractivity contribution in [2.24, 2.45) is 0 Å². The number of piperazine rings is 1. The van der Waals surface area contributed by atoms with E-state index in [4.69, 9.17) is 4.74 Å². The fourth-order valence-corrected chi connectivity index (χ4v) is 4.38. The van der Waals surface area contributed by atoms with Crippen molar-refractivity contribution in [1.82, 2.24) is 20.2 Å². The van der Waals surface area contributed by atoms with Crippen LogP contribution in [0.1, 0.15) is 11.5 Å². The van der Waals surface area contributed by atoms with Crippen molar-refractivity contribution < 1.29 is 9.53 Å². The largest absolute Gasteiger partial charge is 0.497 e. The maximum Gasteiger partial charge on any atom is 0.321 e. The number of benzene rings is 2. The van der Waals surface area contributed by atoms with Crippen molar-refractivity contribution in [3.63, 3.8) is 0 Å². The summed E-state index contributed by atoms with van der Waals surface area (Å²) in [6.07, 6.45) is 5.18. The Labute approximate surface area is 175 Å². The molecule has 3 aliphatic heterocycles. The van der Waals surface area contributed by atoms with Crippen LogP contribution in [0.5, 0.6) is 5.75 Å². The number of hydrogen-bond donors (Lipinski definition) is 2. The maximum atomic E-state index is 12.7. The maximum absolute atomic E-state index is 12.7. The van der Waals surface area contributed by atoms with E-state index in [1.807, 2.05) is 41.6 Å². The summed E-state index contributed by atoms with van der Waals surface area (Å²) >= 11 is 0. The van der Waals surface area contributed by atoms with Gasteiger partial charge in [-0.3, -0.25) is 0 Å². The summed E-state index contributed by atoms with van der Waals surface area (Å²) < 4.78 is 5.16. The number of urea groups is 1. The van der Waals surface area contributed by atoms with Gasteiger partial charge in [0, 0.05) is 54.7 Å². The molecule has 4 heterocycles. The predicted molar refractivity (Wildman–Crippen MR) is 115 cm³/mol. The first-order chi connectivity index (χ1) is 14.7. The van der Waals surface area contributed by atoms with Gasteiger partial charge in [0.25, 0.3) is 0 Å². The van der Waals surface area contributed by atoms with Gasteiger partial charge in [0.05, 0.1) is 7.11 Å². The Morgan fingerprint density at radius 2 is 1.67 bits per heavy atom. The number of anilines is 1. The van der Waals surface area contributed by atoms with E-state index in [9.17, 15) is 4.79 Å². The molecule has 0 radical (unpaired) electrons. The van der Waals surface area contributed by atoms with E-state index in [1.54, 1.807) is 7.11 Å². The molecule has 152 valence electrons. The van der Waals surface area contributed by atoms with Crippen molar-refractivity contribution in [2.45, 2.75) is 18.0 Å². The number of nitrogens with one attached hydrogen (secondary N) is 2. The van der Waals surface area contributed by atoms with Gasteiger partial charge in [0.1, 0.15) is 12.1 Å². The lowest BCUT2D eigenvalue weighted by atomic mass is 9.74. The van der Waals surface area contributed by atoms with Gasteiger partial charge in [-0.15, -0.1) is 0 Å². The van der Waals surface area contributed by atoms with Crippen molar-refractivity contribution in [1.29, 1.82) is 0 Å².